The number of aliphatic hydroxyl groups excluding tert-OH is 1. The van der Waals surface area contributed by atoms with Crippen molar-refractivity contribution < 1.29 is 33.1 Å². The zero-order chi connectivity index (χ0) is 27.8. The third kappa shape index (κ3) is 27.3. The highest BCUT2D eigenvalue weighted by Gasteiger charge is 2.19. The van der Waals surface area contributed by atoms with E-state index in [1.165, 1.54) is 89.9 Å². The summed E-state index contributed by atoms with van der Waals surface area (Å²) in [5.41, 5.74) is 0. The number of ether oxygens (including phenoxy) is 1. The first kappa shape index (κ1) is 36.9. The van der Waals surface area contributed by atoms with E-state index in [0.29, 0.717) is 16.8 Å². The fourth-order valence-corrected chi connectivity index (χ4v) is 6.60. The van der Waals surface area contributed by atoms with Crippen LogP contribution in [0.3, 0.4) is 0 Å². The Kier molecular flexibility index (Phi) is 23.7. The predicted octanol–water partition coefficient (Wildman–Crippen LogP) is 6.86. The molecule has 0 saturated heterocycles. The molecule has 0 rings (SSSR count). The lowest BCUT2D eigenvalue weighted by Gasteiger charge is -2.27. The summed E-state index contributed by atoms with van der Waals surface area (Å²) in [7, 11) is 5.95. The van der Waals surface area contributed by atoms with Gasteiger partial charge in [-0.05, 0) is 6.42 Å². The minimum atomic E-state index is -4.09. The predicted molar refractivity (Wildman–Crippen MR) is 155 cm³/mol. The van der Waals surface area contributed by atoms with Crippen LogP contribution in [0.2, 0.25) is 0 Å². The molecule has 2 atom stereocenters. The van der Waals surface area contributed by atoms with Gasteiger partial charge in [-0.25, -0.2) is 0 Å². The highest BCUT2D eigenvalue weighted by Crippen LogP contribution is 2.51. The lowest BCUT2D eigenvalue weighted by atomic mass is 10.0. The molecule has 0 fully saturated rings. The monoisotopic (exact) mass is 567 g/mol. The van der Waals surface area contributed by atoms with Crippen LogP contribution in [-0.4, -0.2) is 68.3 Å². The van der Waals surface area contributed by atoms with Crippen molar-refractivity contribution in [3.63, 3.8) is 0 Å². The topological polar surface area (TPSA) is 95.9 Å². The summed E-state index contributed by atoms with van der Waals surface area (Å²) in [5, 5.41) is 9.42. The molecule has 7 nitrogen and oxygen atoms in total. The lowest BCUT2D eigenvalue weighted by Crippen LogP contribution is -2.36. The van der Waals surface area contributed by atoms with Crippen molar-refractivity contribution in [3.05, 3.63) is 0 Å². The molecule has 1 N–H and O–H groups in total. The number of quaternary nitrogens is 1. The molecule has 37 heavy (non-hydrogen) atoms. The van der Waals surface area contributed by atoms with E-state index in [0.717, 1.165) is 30.6 Å². The first-order valence-corrected chi connectivity index (χ1v) is 17.9. The maximum absolute atomic E-state index is 12.0. The van der Waals surface area contributed by atoms with Gasteiger partial charge < -0.3 is 23.7 Å². The minimum Gasteiger partial charge on any atom is -0.770 e. The Hall–Kier alpha value is -0.110. The van der Waals surface area contributed by atoms with Crippen LogP contribution in [0.1, 0.15) is 122 Å². The number of hydrogen-bond acceptors (Lipinski definition) is 7. The summed E-state index contributed by atoms with van der Waals surface area (Å²) in [6.45, 7) is -1.96. The molecule has 0 heterocycles. The standard InChI is InChI=1S/C28H58NO6PS/c1-5-6-7-8-9-10-11-12-13-14-15-16-17-18-19-20-21-22-28(31)35-27(25-30)26-34-36(32,33)37-24-23-29(2,3)4/h27,30H,5-26H2,1-4H3/t27-/m1/s1. The van der Waals surface area contributed by atoms with E-state index in [2.05, 4.69) is 6.92 Å². The van der Waals surface area contributed by atoms with Crippen LogP contribution in [0.5, 0.6) is 0 Å². The molecule has 0 aliphatic rings. The molecule has 0 aliphatic carbocycles. The zero-order valence-corrected chi connectivity index (χ0v) is 26.1. The first-order valence-electron chi connectivity index (χ1n) is 14.8. The molecule has 0 aromatic carbocycles. The Balaban J connectivity index is 3.62. The van der Waals surface area contributed by atoms with E-state index in [1.807, 2.05) is 21.1 Å². The van der Waals surface area contributed by atoms with Crippen LogP contribution in [0.15, 0.2) is 0 Å². The summed E-state index contributed by atoms with van der Waals surface area (Å²) in [5.74, 6) is -0.00490. The van der Waals surface area contributed by atoms with Gasteiger partial charge in [-0.2, -0.15) is 0 Å². The van der Waals surface area contributed by atoms with Gasteiger partial charge in [0.25, 0.3) is 0 Å². The molecular weight excluding hydrogens is 509 g/mol. The summed E-state index contributed by atoms with van der Waals surface area (Å²) in [4.78, 5) is 24.0. The third-order valence-corrected chi connectivity index (χ3v) is 9.38. The quantitative estimate of drug-likeness (QED) is 0.0501. The molecule has 0 saturated carbocycles. The van der Waals surface area contributed by atoms with Gasteiger partial charge in [0.1, 0.15) is 6.10 Å². The van der Waals surface area contributed by atoms with E-state index in [-0.39, 0.29) is 13.0 Å². The van der Waals surface area contributed by atoms with Crippen molar-refractivity contribution in [2.75, 3.05) is 46.7 Å². The van der Waals surface area contributed by atoms with Crippen LogP contribution >= 0.6 is 18.2 Å². The van der Waals surface area contributed by atoms with E-state index >= 15 is 0 Å². The number of carbonyl (C=O) groups excluding carboxylic acids is 1. The Labute approximate surface area is 232 Å². The maximum Gasteiger partial charge on any atom is 0.306 e. The van der Waals surface area contributed by atoms with Gasteiger partial charge in [0, 0.05) is 6.42 Å². The second-order valence-electron chi connectivity index (χ2n) is 11.3. The van der Waals surface area contributed by atoms with Crippen molar-refractivity contribution in [3.8, 4) is 0 Å². The van der Waals surface area contributed by atoms with Gasteiger partial charge in [-0.3, -0.25) is 9.36 Å². The van der Waals surface area contributed by atoms with Gasteiger partial charge in [-0.15, -0.1) is 0 Å². The SMILES string of the molecule is CCCCCCCCCCCCCCCCCCCC(=O)O[C@H](CO)COP(=O)([O-])SCC[N+](C)(C)C. The average molecular weight is 568 g/mol. The maximum atomic E-state index is 12.0. The molecule has 0 aromatic heterocycles. The Bertz CT molecular complexity index is 588. The van der Waals surface area contributed by atoms with Crippen LogP contribution in [0, 0.1) is 0 Å². The smallest absolute Gasteiger partial charge is 0.306 e. The number of nitrogens with zero attached hydrogens (tertiary/aromatic N) is 1. The Morgan fingerprint density at radius 2 is 1.27 bits per heavy atom. The highest BCUT2D eigenvalue weighted by atomic mass is 32.7. The second-order valence-corrected chi connectivity index (χ2v) is 15.2. The average Bonchev–Trinajstić information content (AvgIpc) is 2.82. The van der Waals surface area contributed by atoms with Crippen molar-refractivity contribution in [1.29, 1.82) is 0 Å². The van der Waals surface area contributed by atoms with Crippen LogP contribution < -0.4 is 4.89 Å². The number of aliphatic hydroxyl groups is 1. The number of rotatable bonds is 27. The fraction of sp³-hybridized carbons (Fsp3) is 0.964. The lowest BCUT2D eigenvalue weighted by molar-refractivity contribution is -0.867. The largest absolute Gasteiger partial charge is 0.770 e. The van der Waals surface area contributed by atoms with Crippen molar-refractivity contribution in [1.82, 2.24) is 0 Å². The van der Waals surface area contributed by atoms with Crippen molar-refractivity contribution >= 4 is 24.1 Å². The Morgan fingerprint density at radius 3 is 1.68 bits per heavy atom. The highest BCUT2D eigenvalue weighted by molar-refractivity contribution is 8.54. The fourth-order valence-electron chi connectivity index (χ4n) is 4.00. The summed E-state index contributed by atoms with van der Waals surface area (Å²) >= 11 is 0.751. The van der Waals surface area contributed by atoms with Gasteiger partial charge in [0.05, 0.1) is 46.7 Å². The molecule has 0 aliphatic heterocycles. The van der Waals surface area contributed by atoms with E-state index in [9.17, 15) is 19.4 Å². The molecule has 9 heteroatoms. The molecule has 0 bridgehead atoms. The number of esters is 1. The van der Waals surface area contributed by atoms with Crippen molar-refractivity contribution in [2.24, 2.45) is 0 Å². The molecule has 0 amide bonds. The van der Waals surface area contributed by atoms with E-state index < -0.39 is 25.5 Å². The second kappa shape index (κ2) is 23.7. The molecule has 1 unspecified atom stereocenters. The zero-order valence-electron chi connectivity index (χ0n) is 24.4. The summed E-state index contributed by atoms with van der Waals surface area (Å²) in [6.07, 6.45) is 21.1. The van der Waals surface area contributed by atoms with Gasteiger partial charge >= 0.3 is 5.97 Å². The molecule has 0 radical (unpaired) electrons. The summed E-state index contributed by atoms with van der Waals surface area (Å²) in [6, 6.07) is 0. The van der Waals surface area contributed by atoms with E-state index in [1.54, 1.807) is 0 Å². The van der Waals surface area contributed by atoms with Gasteiger partial charge in [0.2, 0.25) is 0 Å². The van der Waals surface area contributed by atoms with Crippen LogP contribution in [-0.2, 0) is 18.6 Å². The van der Waals surface area contributed by atoms with Gasteiger partial charge in [0.15, 0.2) is 6.80 Å². The molecule has 0 aromatic rings. The normalized spacial score (nSPS) is 14.4. The number of hydrogen-bond donors (Lipinski definition) is 1. The van der Waals surface area contributed by atoms with Crippen LogP contribution in [0.4, 0.5) is 0 Å². The molecule has 0 spiro atoms. The Morgan fingerprint density at radius 1 is 0.838 bits per heavy atom. The van der Waals surface area contributed by atoms with E-state index in [4.69, 9.17) is 9.26 Å². The third-order valence-electron chi connectivity index (χ3n) is 6.42. The summed E-state index contributed by atoms with van der Waals surface area (Å²) < 4.78 is 22.8. The molecule has 222 valence electrons. The van der Waals surface area contributed by atoms with Crippen LogP contribution in [0.25, 0.3) is 0 Å². The molecular formula is C28H58NO6PS. The van der Waals surface area contributed by atoms with Gasteiger partial charge in [-0.1, -0.05) is 121 Å². The minimum absolute atomic E-state index is 0.280. The number of unbranched alkanes of at least 4 members (excludes halogenated alkanes) is 16. The van der Waals surface area contributed by atoms with Crippen molar-refractivity contribution in [2.45, 2.75) is 129 Å². The first-order chi connectivity index (χ1) is 17.6. The number of carbonyl (C=O) groups is 1.